The number of benzene rings is 1. The van der Waals surface area contributed by atoms with E-state index < -0.39 is 9.84 Å². The molecule has 5 heteroatoms. The second-order valence-corrected chi connectivity index (χ2v) is 7.90. The molecule has 0 aromatic heterocycles. The van der Waals surface area contributed by atoms with Gasteiger partial charge in [0.15, 0.2) is 9.84 Å². The van der Waals surface area contributed by atoms with E-state index in [2.05, 4.69) is 27.8 Å². The van der Waals surface area contributed by atoms with Crippen molar-refractivity contribution in [2.24, 2.45) is 0 Å². The molecule has 0 fully saturated rings. The Bertz CT molecular complexity index is 454. The van der Waals surface area contributed by atoms with Gasteiger partial charge in [-0.2, -0.15) is 0 Å². The van der Waals surface area contributed by atoms with Gasteiger partial charge in [0.2, 0.25) is 0 Å². The Hall–Kier alpha value is -0.550. The van der Waals surface area contributed by atoms with E-state index in [4.69, 9.17) is 0 Å². The number of hydrogen-bond acceptors (Lipinski definition) is 3. The van der Waals surface area contributed by atoms with Crippen molar-refractivity contribution < 1.29 is 8.42 Å². The van der Waals surface area contributed by atoms with Crippen LogP contribution in [0.3, 0.4) is 0 Å². The van der Waals surface area contributed by atoms with Gasteiger partial charge in [-0.1, -0.05) is 29.8 Å². The summed E-state index contributed by atoms with van der Waals surface area (Å²) in [5.74, 6) is 0.140. The molecule has 0 aliphatic heterocycles. The van der Waals surface area contributed by atoms with Crippen LogP contribution in [-0.2, 0) is 9.84 Å². The van der Waals surface area contributed by atoms with Crippen LogP contribution < -0.4 is 4.90 Å². The zero-order valence-electron chi connectivity index (χ0n) is 10.4. The van der Waals surface area contributed by atoms with Crippen LogP contribution in [0, 0.1) is 0 Å². The van der Waals surface area contributed by atoms with Crippen LogP contribution in [0.5, 0.6) is 0 Å². The first kappa shape index (κ1) is 14.5. The highest BCUT2D eigenvalue weighted by atomic mass is 79.9. The predicted molar refractivity (Wildman–Crippen MR) is 75.8 cm³/mol. The van der Waals surface area contributed by atoms with E-state index in [0.29, 0.717) is 9.72 Å². The molecule has 0 heterocycles. The van der Waals surface area contributed by atoms with Crippen molar-refractivity contribution in [1.82, 2.24) is 0 Å². The summed E-state index contributed by atoms with van der Waals surface area (Å²) >= 11 is 3.49. The lowest BCUT2D eigenvalue weighted by Gasteiger charge is -2.20. The minimum absolute atomic E-state index is 0.140. The van der Waals surface area contributed by atoms with Crippen LogP contribution in [-0.4, -0.2) is 32.6 Å². The van der Waals surface area contributed by atoms with Gasteiger partial charge in [0.25, 0.3) is 0 Å². The zero-order chi connectivity index (χ0) is 13.1. The van der Waals surface area contributed by atoms with Gasteiger partial charge in [-0.3, -0.25) is 0 Å². The summed E-state index contributed by atoms with van der Waals surface area (Å²) in [4.78, 5) is 2.87. The number of sulfone groups is 1. The number of halogens is 1. The summed E-state index contributed by atoms with van der Waals surface area (Å²) in [5, 5.41) is 0. The van der Waals surface area contributed by atoms with Crippen LogP contribution in [0.1, 0.15) is 13.8 Å². The highest BCUT2D eigenvalue weighted by molar-refractivity contribution is 9.09. The summed E-state index contributed by atoms with van der Waals surface area (Å²) in [6, 6.07) is 7.03. The smallest absolute Gasteiger partial charge is 0.178 e. The molecular formula is C12H18BrNO2S. The average molecular weight is 320 g/mol. The lowest BCUT2D eigenvalue weighted by molar-refractivity contribution is 0.597. The number of nitrogens with zero attached hydrogens (tertiary/aromatic N) is 1. The van der Waals surface area contributed by atoms with E-state index in [1.54, 1.807) is 19.1 Å². The molecule has 1 aromatic rings. The second-order valence-electron chi connectivity index (χ2n) is 4.06. The van der Waals surface area contributed by atoms with Gasteiger partial charge in [0.1, 0.15) is 0 Å². The standard InChI is InChI=1S/C12H18BrNO2S/c1-4-17(15,16)12-7-5-11(6-8-12)14(3)9-10(2)13/h5-8,10H,4,9H2,1-3H3. The van der Waals surface area contributed by atoms with E-state index in [0.717, 1.165) is 12.2 Å². The van der Waals surface area contributed by atoms with Gasteiger partial charge >= 0.3 is 0 Å². The Morgan fingerprint density at radius 1 is 1.29 bits per heavy atom. The summed E-state index contributed by atoms with van der Waals surface area (Å²) in [6.07, 6.45) is 0. The number of hydrogen-bond donors (Lipinski definition) is 0. The lowest BCUT2D eigenvalue weighted by Crippen LogP contribution is -2.23. The maximum atomic E-state index is 11.6. The van der Waals surface area contributed by atoms with Crippen LogP contribution in [0.2, 0.25) is 0 Å². The van der Waals surface area contributed by atoms with Crippen molar-refractivity contribution in [2.75, 3.05) is 24.2 Å². The highest BCUT2D eigenvalue weighted by Crippen LogP contribution is 2.18. The molecule has 0 radical (unpaired) electrons. The summed E-state index contributed by atoms with van der Waals surface area (Å²) in [6.45, 7) is 4.61. The SMILES string of the molecule is CCS(=O)(=O)c1ccc(N(C)CC(C)Br)cc1. The minimum Gasteiger partial charge on any atom is -0.373 e. The first-order valence-electron chi connectivity index (χ1n) is 5.55. The van der Waals surface area contributed by atoms with Crippen molar-refractivity contribution in [2.45, 2.75) is 23.6 Å². The number of anilines is 1. The van der Waals surface area contributed by atoms with Crippen molar-refractivity contribution in [3.8, 4) is 0 Å². The molecule has 96 valence electrons. The summed E-state index contributed by atoms with van der Waals surface area (Å²) < 4.78 is 23.3. The molecule has 0 N–H and O–H groups in total. The van der Waals surface area contributed by atoms with E-state index in [9.17, 15) is 8.42 Å². The Kier molecular flexibility index (Phi) is 5.01. The van der Waals surface area contributed by atoms with Crippen LogP contribution in [0.4, 0.5) is 5.69 Å². The maximum absolute atomic E-state index is 11.6. The van der Waals surface area contributed by atoms with E-state index >= 15 is 0 Å². The zero-order valence-corrected chi connectivity index (χ0v) is 12.8. The van der Waals surface area contributed by atoms with Gasteiger partial charge in [-0.25, -0.2) is 8.42 Å². The van der Waals surface area contributed by atoms with Crippen molar-refractivity contribution in [1.29, 1.82) is 0 Å². The van der Waals surface area contributed by atoms with Gasteiger partial charge in [-0.05, 0) is 24.3 Å². The van der Waals surface area contributed by atoms with Gasteiger partial charge in [0, 0.05) is 24.1 Å². The first-order valence-corrected chi connectivity index (χ1v) is 8.11. The van der Waals surface area contributed by atoms with Crippen molar-refractivity contribution in [3.05, 3.63) is 24.3 Å². The lowest BCUT2D eigenvalue weighted by atomic mass is 10.3. The molecule has 0 saturated carbocycles. The quantitative estimate of drug-likeness (QED) is 0.783. The normalized spacial score (nSPS) is 13.4. The fraction of sp³-hybridized carbons (Fsp3) is 0.500. The Labute approximate surface area is 112 Å². The van der Waals surface area contributed by atoms with Gasteiger partial charge < -0.3 is 4.90 Å². The molecule has 1 atom stereocenters. The van der Waals surface area contributed by atoms with Gasteiger partial charge in [-0.15, -0.1) is 0 Å². The number of alkyl halides is 1. The molecule has 3 nitrogen and oxygen atoms in total. The summed E-state index contributed by atoms with van der Waals surface area (Å²) in [5.41, 5.74) is 1.02. The third-order valence-electron chi connectivity index (χ3n) is 2.54. The third-order valence-corrected chi connectivity index (χ3v) is 4.58. The molecule has 1 unspecified atom stereocenters. The fourth-order valence-electron chi connectivity index (χ4n) is 1.56. The topological polar surface area (TPSA) is 37.4 Å². The van der Waals surface area contributed by atoms with Crippen molar-refractivity contribution in [3.63, 3.8) is 0 Å². The first-order chi connectivity index (χ1) is 7.86. The molecule has 1 rings (SSSR count). The second kappa shape index (κ2) is 5.87. The van der Waals surface area contributed by atoms with Crippen LogP contribution >= 0.6 is 15.9 Å². The van der Waals surface area contributed by atoms with E-state index in [-0.39, 0.29) is 5.75 Å². The molecule has 1 aromatic carbocycles. The predicted octanol–water partition coefficient (Wildman–Crippen LogP) is 2.70. The van der Waals surface area contributed by atoms with Crippen LogP contribution in [0.25, 0.3) is 0 Å². The highest BCUT2D eigenvalue weighted by Gasteiger charge is 2.11. The molecular weight excluding hydrogens is 302 g/mol. The maximum Gasteiger partial charge on any atom is 0.178 e. The Morgan fingerprint density at radius 3 is 2.24 bits per heavy atom. The average Bonchev–Trinajstić information content (AvgIpc) is 2.28. The Balaban J connectivity index is 2.89. The summed E-state index contributed by atoms with van der Waals surface area (Å²) in [7, 11) is -1.10. The Morgan fingerprint density at radius 2 is 1.82 bits per heavy atom. The molecule has 0 saturated heterocycles. The number of rotatable bonds is 5. The molecule has 0 amide bonds. The minimum atomic E-state index is -3.09. The molecule has 0 aliphatic rings. The third kappa shape index (κ3) is 4.00. The van der Waals surface area contributed by atoms with Crippen LogP contribution in [0.15, 0.2) is 29.2 Å². The monoisotopic (exact) mass is 319 g/mol. The van der Waals surface area contributed by atoms with E-state index in [1.807, 2.05) is 19.2 Å². The molecule has 0 bridgehead atoms. The largest absolute Gasteiger partial charge is 0.373 e. The fourth-order valence-corrected chi connectivity index (χ4v) is 2.88. The van der Waals surface area contributed by atoms with Gasteiger partial charge in [0.05, 0.1) is 10.6 Å². The molecule has 17 heavy (non-hydrogen) atoms. The van der Waals surface area contributed by atoms with Crippen molar-refractivity contribution >= 4 is 31.5 Å². The van der Waals surface area contributed by atoms with E-state index in [1.165, 1.54) is 0 Å². The molecule has 0 spiro atoms. The molecule has 0 aliphatic carbocycles.